The molecule has 2 aromatic carbocycles. The van der Waals surface area contributed by atoms with Crippen LogP contribution in [0, 0.1) is 0 Å². The molecule has 0 aromatic heterocycles. The molecule has 1 aliphatic heterocycles. The topological polar surface area (TPSA) is 54.4 Å². The van der Waals surface area contributed by atoms with Crippen molar-refractivity contribution in [2.75, 3.05) is 0 Å². The minimum atomic E-state index is -3.41. The fourth-order valence-electron chi connectivity index (χ4n) is 2.46. The van der Waals surface area contributed by atoms with Crippen LogP contribution in [0.3, 0.4) is 0 Å². The van der Waals surface area contributed by atoms with Gasteiger partial charge in [-0.1, -0.05) is 42.5 Å². The molecule has 0 fully saturated rings. The van der Waals surface area contributed by atoms with Gasteiger partial charge in [0.25, 0.3) is 0 Å². The van der Waals surface area contributed by atoms with Crippen molar-refractivity contribution in [1.82, 2.24) is 0 Å². The SMILES string of the molecule is CC1C(O)c2ccc(-c3ccccc3)cc2S1(=O)=O. The minimum Gasteiger partial charge on any atom is -0.387 e. The molecule has 0 spiro atoms. The second-order valence-corrected chi connectivity index (χ2v) is 7.09. The lowest BCUT2D eigenvalue weighted by Gasteiger charge is -2.06. The third-order valence-corrected chi connectivity index (χ3v) is 5.88. The molecule has 98 valence electrons. The van der Waals surface area contributed by atoms with Crippen molar-refractivity contribution < 1.29 is 13.5 Å². The lowest BCUT2D eigenvalue weighted by atomic mass is 10.0. The molecule has 1 N–H and O–H groups in total. The molecular formula is C15H14O3S. The molecular weight excluding hydrogens is 260 g/mol. The second kappa shape index (κ2) is 4.18. The van der Waals surface area contributed by atoms with Crippen LogP contribution in [-0.4, -0.2) is 18.8 Å². The molecule has 2 unspecified atom stereocenters. The van der Waals surface area contributed by atoms with E-state index in [0.717, 1.165) is 11.1 Å². The zero-order chi connectivity index (χ0) is 13.6. The molecule has 1 aliphatic rings. The van der Waals surface area contributed by atoms with Crippen LogP contribution >= 0.6 is 0 Å². The summed E-state index contributed by atoms with van der Waals surface area (Å²) in [5.41, 5.74) is 2.32. The van der Waals surface area contributed by atoms with E-state index >= 15 is 0 Å². The second-order valence-electron chi connectivity index (χ2n) is 4.81. The van der Waals surface area contributed by atoms with Gasteiger partial charge in [-0.25, -0.2) is 8.42 Å². The summed E-state index contributed by atoms with van der Waals surface area (Å²) in [5, 5.41) is 9.20. The van der Waals surface area contributed by atoms with E-state index in [1.807, 2.05) is 36.4 Å². The zero-order valence-corrected chi connectivity index (χ0v) is 11.3. The molecule has 0 amide bonds. The summed E-state index contributed by atoms with van der Waals surface area (Å²) in [7, 11) is -3.41. The molecule has 19 heavy (non-hydrogen) atoms. The van der Waals surface area contributed by atoms with Crippen molar-refractivity contribution in [3.63, 3.8) is 0 Å². The van der Waals surface area contributed by atoms with Gasteiger partial charge in [-0.05, 0) is 24.1 Å². The molecule has 4 heteroatoms. The van der Waals surface area contributed by atoms with Crippen molar-refractivity contribution in [1.29, 1.82) is 0 Å². The molecule has 0 saturated carbocycles. The van der Waals surface area contributed by atoms with E-state index in [9.17, 15) is 13.5 Å². The fourth-order valence-corrected chi connectivity index (χ4v) is 4.15. The molecule has 0 bridgehead atoms. The number of aliphatic hydroxyl groups excluding tert-OH is 1. The first-order valence-electron chi connectivity index (χ1n) is 6.13. The van der Waals surface area contributed by atoms with Crippen molar-refractivity contribution in [2.24, 2.45) is 0 Å². The van der Waals surface area contributed by atoms with Gasteiger partial charge in [-0.3, -0.25) is 0 Å². The predicted molar refractivity (Wildman–Crippen MR) is 73.5 cm³/mol. The lowest BCUT2D eigenvalue weighted by Crippen LogP contribution is -2.16. The molecule has 0 saturated heterocycles. The smallest absolute Gasteiger partial charge is 0.184 e. The summed E-state index contributed by atoms with van der Waals surface area (Å²) in [5.74, 6) is 0. The van der Waals surface area contributed by atoms with Crippen LogP contribution in [0.25, 0.3) is 11.1 Å². The highest BCUT2D eigenvalue weighted by Gasteiger charge is 2.41. The molecule has 2 atom stereocenters. The predicted octanol–water partition coefficient (Wildman–Crippen LogP) is 2.56. The Morgan fingerprint density at radius 3 is 2.37 bits per heavy atom. The minimum absolute atomic E-state index is 0.258. The quantitative estimate of drug-likeness (QED) is 0.869. The van der Waals surface area contributed by atoms with Gasteiger partial charge in [0.15, 0.2) is 9.84 Å². The molecule has 2 aromatic rings. The maximum Gasteiger partial charge on any atom is 0.184 e. The van der Waals surface area contributed by atoms with Crippen LogP contribution in [0.15, 0.2) is 53.4 Å². The molecule has 1 heterocycles. The Morgan fingerprint density at radius 1 is 1.00 bits per heavy atom. The number of sulfone groups is 1. The Bertz CT molecular complexity index is 720. The molecule has 0 aliphatic carbocycles. The van der Waals surface area contributed by atoms with Crippen LogP contribution in [0.2, 0.25) is 0 Å². The monoisotopic (exact) mass is 274 g/mol. The summed E-state index contributed by atoms with van der Waals surface area (Å²) in [4.78, 5) is 0.258. The van der Waals surface area contributed by atoms with E-state index in [0.29, 0.717) is 5.56 Å². The summed E-state index contributed by atoms with van der Waals surface area (Å²) in [6.07, 6.45) is -0.926. The largest absolute Gasteiger partial charge is 0.387 e. The third-order valence-electron chi connectivity index (χ3n) is 3.68. The van der Waals surface area contributed by atoms with Crippen molar-refractivity contribution in [3.8, 4) is 11.1 Å². The first-order valence-corrected chi connectivity index (χ1v) is 7.68. The van der Waals surface area contributed by atoms with E-state index in [1.54, 1.807) is 19.1 Å². The maximum absolute atomic E-state index is 12.2. The van der Waals surface area contributed by atoms with Crippen molar-refractivity contribution in [2.45, 2.75) is 23.2 Å². The number of aliphatic hydroxyl groups is 1. The fraction of sp³-hybridized carbons (Fsp3) is 0.200. The number of fused-ring (bicyclic) bond motifs is 1. The summed E-state index contributed by atoms with van der Waals surface area (Å²) in [6, 6.07) is 14.8. The van der Waals surface area contributed by atoms with E-state index in [-0.39, 0.29) is 4.90 Å². The number of hydrogen-bond donors (Lipinski definition) is 1. The van der Waals surface area contributed by atoms with Gasteiger partial charge in [0.05, 0.1) is 16.2 Å². The van der Waals surface area contributed by atoms with Gasteiger partial charge in [0, 0.05) is 5.56 Å². The van der Waals surface area contributed by atoms with Gasteiger partial charge < -0.3 is 5.11 Å². The van der Waals surface area contributed by atoms with Crippen molar-refractivity contribution in [3.05, 3.63) is 54.1 Å². The Kier molecular flexibility index (Phi) is 2.73. The van der Waals surface area contributed by atoms with Crippen LogP contribution < -0.4 is 0 Å². The zero-order valence-electron chi connectivity index (χ0n) is 10.4. The Morgan fingerprint density at radius 2 is 1.68 bits per heavy atom. The van der Waals surface area contributed by atoms with Crippen LogP contribution in [0.5, 0.6) is 0 Å². The summed E-state index contributed by atoms with van der Waals surface area (Å²) >= 11 is 0. The Balaban J connectivity index is 2.20. The number of rotatable bonds is 1. The normalized spacial score (nSPS) is 24.1. The van der Waals surface area contributed by atoms with Gasteiger partial charge in [0.1, 0.15) is 0 Å². The van der Waals surface area contributed by atoms with Crippen molar-refractivity contribution >= 4 is 9.84 Å². The highest BCUT2D eigenvalue weighted by molar-refractivity contribution is 7.92. The first-order chi connectivity index (χ1) is 9.01. The summed E-state index contributed by atoms with van der Waals surface area (Å²) < 4.78 is 24.4. The number of benzene rings is 2. The van der Waals surface area contributed by atoms with E-state index in [1.165, 1.54) is 0 Å². The van der Waals surface area contributed by atoms with Crippen LogP contribution in [0.4, 0.5) is 0 Å². The number of hydrogen-bond acceptors (Lipinski definition) is 3. The Labute approximate surface area is 112 Å². The molecule has 3 rings (SSSR count). The van der Waals surface area contributed by atoms with Gasteiger partial charge in [-0.2, -0.15) is 0 Å². The highest BCUT2D eigenvalue weighted by Crippen LogP contribution is 2.40. The van der Waals surface area contributed by atoms with Gasteiger partial charge in [-0.15, -0.1) is 0 Å². The molecule has 3 nitrogen and oxygen atoms in total. The Hall–Kier alpha value is -1.65. The average Bonchev–Trinajstić information content (AvgIpc) is 2.61. The van der Waals surface area contributed by atoms with Gasteiger partial charge >= 0.3 is 0 Å². The third kappa shape index (κ3) is 1.79. The lowest BCUT2D eigenvalue weighted by molar-refractivity contribution is 0.179. The first kappa shape index (κ1) is 12.4. The average molecular weight is 274 g/mol. The van der Waals surface area contributed by atoms with Crippen LogP contribution in [-0.2, 0) is 9.84 Å². The van der Waals surface area contributed by atoms with E-state index in [2.05, 4.69) is 0 Å². The van der Waals surface area contributed by atoms with E-state index < -0.39 is 21.2 Å². The van der Waals surface area contributed by atoms with Gasteiger partial charge in [0.2, 0.25) is 0 Å². The molecule has 0 radical (unpaired) electrons. The maximum atomic E-state index is 12.2. The van der Waals surface area contributed by atoms with Crippen LogP contribution in [0.1, 0.15) is 18.6 Å². The standard InChI is InChI=1S/C15H14O3S/c1-10-15(16)13-8-7-12(9-14(13)19(10,17)18)11-5-3-2-4-6-11/h2-10,15-16H,1H3. The van der Waals surface area contributed by atoms with E-state index in [4.69, 9.17) is 0 Å². The summed E-state index contributed by atoms with van der Waals surface area (Å²) in [6.45, 7) is 1.54. The highest BCUT2D eigenvalue weighted by atomic mass is 32.2.